The summed E-state index contributed by atoms with van der Waals surface area (Å²) in [5.74, 6) is 0.994. The van der Waals surface area contributed by atoms with Crippen LogP contribution in [-0.4, -0.2) is 37.7 Å². The van der Waals surface area contributed by atoms with E-state index in [0.717, 1.165) is 24.9 Å². The summed E-state index contributed by atoms with van der Waals surface area (Å²) in [5.41, 5.74) is 3.01. The highest BCUT2D eigenvalue weighted by Gasteiger charge is 2.34. The van der Waals surface area contributed by atoms with E-state index in [2.05, 4.69) is 35.3 Å². The first kappa shape index (κ1) is 12.9. The van der Waals surface area contributed by atoms with E-state index < -0.39 is 0 Å². The topological polar surface area (TPSA) is 24.5 Å². The predicted molar refractivity (Wildman–Crippen MR) is 77.7 cm³/mol. The van der Waals surface area contributed by atoms with Gasteiger partial charge in [-0.1, -0.05) is 13.0 Å². The van der Waals surface area contributed by atoms with Gasteiger partial charge in [0.15, 0.2) is 0 Å². The van der Waals surface area contributed by atoms with Gasteiger partial charge in [0.25, 0.3) is 0 Å². The lowest BCUT2D eigenvalue weighted by Gasteiger charge is -2.42. The van der Waals surface area contributed by atoms with Crippen LogP contribution < -0.4 is 10.1 Å². The summed E-state index contributed by atoms with van der Waals surface area (Å²) in [4.78, 5) is 2.71. The van der Waals surface area contributed by atoms with Crippen molar-refractivity contribution >= 4 is 0 Å². The van der Waals surface area contributed by atoms with Crippen molar-refractivity contribution in [3.63, 3.8) is 0 Å². The van der Waals surface area contributed by atoms with Gasteiger partial charge in [0, 0.05) is 25.2 Å². The van der Waals surface area contributed by atoms with Crippen molar-refractivity contribution in [2.45, 2.75) is 38.3 Å². The maximum atomic E-state index is 5.40. The second-order valence-electron chi connectivity index (χ2n) is 5.67. The predicted octanol–water partition coefficient (Wildman–Crippen LogP) is 2.37. The Labute approximate surface area is 115 Å². The van der Waals surface area contributed by atoms with Gasteiger partial charge in [0.05, 0.1) is 7.11 Å². The maximum Gasteiger partial charge on any atom is 0.119 e. The summed E-state index contributed by atoms with van der Waals surface area (Å²) < 4.78 is 5.40. The Morgan fingerprint density at radius 3 is 2.84 bits per heavy atom. The Morgan fingerprint density at radius 1 is 1.37 bits per heavy atom. The first-order valence-electron chi connectivity index (χ1n) is 7.46. The molecule has 0 radical (unpaired) electrons. The lowest BCUT2D eigenvalue weighted by Crippen LogP contribution is -2.57. The fourth-order valence-electron chi connectivity index (χ4n) is 3.39. The van der Waals surface area contributed by atoms with Gasteiger partial charge >= 0.3 is 0 Å². The Hall–Kier alpha value is -1.06. The summed E-state index contributed by atoms with van der Waals surface area (Å²) in [6, 6.07) is 7.91. The average molecular weight is 260 g/mol. The molecule has 19 heavy (non-hydrogen) atoms. The normalized spacial score (nSPS) is 22.4. The quantitative estimate of drug-likeness (QED) is 0.879. The van der Waals surface area contributed by atoms with Crippen molar-refractivity contribution in [1.82, 2.24) is 10.2 Å². The number of ether oxygens (including phenoxy) is 1. The van der Waals surface area contributed by atoms with Crippen LogP contribution in [-0.2, 0) is 6.42 Å². The van der Waals surface area contributed by atoms with Crippen LogP contribution in [0.2, 0.25) is 0 Å². The number of hydrogen-bond donors (Lipinski definition) is 1. The molecule has 3 nitrogen and oxygen atoms in total. The Balaban J connectivity index is 1.86. The fourth-order valence-corrected chi connectivity index (χ4v) is 3.39. The van der Waals surface area contributed by atoms with Gasteiger partial charge in [-0.3, -0.25) is 4.90 Å². The Morgan fingerprint density at radius 2 is 2.21 bits per heavy atom. The zero-order valence-corrected chi connectivity index (χ0v) is 12.0. The minimum atomic E-state index is 0.595. The van der Waals surface area contributed by atoms with Gasteiger partial charge in [-0.2, -0.15) is 0 Å². The monoisotopic (exact) mass is 260 g/mol. The van der Waals surface area contributed by atoms with Crippen LogP contribution in [0.5, 0.6) is 5.75 Å². The van der Waals surface area contributed by atoms with Gasteiger partial charge in [-0.25, -0.2) is 0 Å². The Bertz CT molecular complexity index is 442. The number of rotatable bonds is 5. The molecule has 1 aliphatic heterocycles. The summed E-state index contributed by atoms with van der Waals surface area (Å²) in [7, 11) is 1.76. The van der Waals surface area contributed by atoms with Gasteiger partial charge in [0.1, 0.15) is 5.75 Å². The van der Waals surface area contributed by atoms with E-state index in [9.17, 15) is 0 Å². The summed E-state index contributed by atoms with van der Waals surface area (Å²) in [5, 5.41) is 3.40. The van der Waals surface area contributed by atoms with Crippen LogP contribution in [0.1, 0.15) is 36.9 Å². The van der Waals surface area contributed by atoms with Gasteiger partial charge in [-0.05, 0) is 49.1 Å². The third kappa shape index (κ3) is 2.37. The molecule has 3 rings (SSSR count). The average Bonchev–Trinajstić information content (AvgIpc) is 2.78. The first-order valence-corrected chi connectivity index (χ1v) is 7.46. The van der Waals surface area contributed by atoms with E-state index in [-0.39, 0.29) is 0 Å². The highest BCUT2D eigenvalue weighted by molar-refractivity contribution is 5.41. The van der Waals surface area contributed by atoms with Gasteiger partial charge in [0.2, 0.25) is 0 Å². The van der Waals surface area contributed by atoms with E-state index in [1.165, 1.54) is 36.9 Å². The number of benzene rings is 1. The molecular formula is C16H24N2O. The second-order valence-corrected chi connectivity index (χ2v) is 5.67. The van der Waals surface area contributed by atoms with Crippen LogP contribution in [0, 0.1) is 0 Å². The van der Waals surface area contributed by atoms with E-state index in [1.807, 2.05) is 0 Å². The molecule has 1 heterocycles. The van der Waals surface area contributed by atoms with Crippen molar-refractivity contribution < 1.29 is 4.74 Å². The molecule has 1 aromatic carbocycles. The molecule has 2 aliphatic rings. The molecule has 1 atom stereocenters. The standard InChI is InChI=1S/C16H24N2O/c1-3-8-18(13-10-17-11-13)16-7-5-12-4-6-14(19-2)9-15(12)16/h4,6,9,13,16-17H,3,5,7-8,10-11H2,1-2H3. The molecule has 1 fully saturated rings. The minimum Gasteiger partial charge on any atom is -0.497 e. The zero-order valence-electron chi connectivity index (χ0n) is 12.0. The van der Waals surface area contributed by atoms with Gasteiger partial charge < -0.3 is 10.1 Å². The van der Waals surface area contributed by atoms with E-state index in [0.29, 0.717) is 6.04 Å². The van der Waals surface area contributed by atoms with Crippen molar-refractivity contribution in [1.29, 1.82) is 0 Å². The van der Waals surface area contributed by atoms with Crippen LogP contribution in [0.4, 0.5) is 0 Å². The third-order valence-electron chi connectivity index (χ3n) is 4.51. The number of aryl methyl sites for hydroxylation is 1. The molecule has 1 unspecified atom stereocenters. The van der Waals surface area contributed by atoms with Gasteiger partial charge in [-0.15, -0.1) is 0 Å². The molecule has 0 bridgehead atoms. The van der Waals surface area contributed by atoms with E-state index >= 15 is 0 Å². The highest BCUT2D eigenvalue weighted by atomic mass is 16.5. The third-order valence-corrected chi connectivity index (χ3v) is 4.51. The van der Waals surface area contributed by atoms with Crippen molar-refractivity contribution in [2.75, 3.05) is 26.7 Å². The Kier molecular flexibility index (Phi) is 3.76. The van der Waals surface area contributed by atoms with E-state index in [4.69, 9.17) is 4.74 Å². The van der Waals surface area contributed by atoms with Crippen molar-refractivity contribution in [3.8, 4) is 5.75 Å². The van der Waals surface area contributed by atoms with Crippen molar-refractivity contribution in [2.24, 2.45) is 0 Å². The maximum absolute atomic E-state index is 5.40. The number of hydrogen-bond acceptors (Lipinski definition) is 3. The van der Waals surface area contributed by atoms with Crippen LogP contribution in [0.3, 0.4) is 0 Å². The molecule has 0 aromatic heterocycles. The first-order chi connectivity index (χ1) is 9.33. The molecule has 1 saturated heterocycles. The number of fused-ring (bicyclic) bond motifs is 1. The molecule has 1 N–H and O–H groups in total. The molecule has 0 saturated carbocycles. The molecule has 104 valence electrons. The smallest absolute Gasteiger partial charge is 0.119 e. The van der Waals surface area contributed by atoms with Crippen LogP contribution in [0.15, 0.2) is 18.2 Å². The molecular weight excluding hydrogens is 236 g/mol. The minimum absolute atomic E-state index is 0.595. The van der Waals surface area contributed by atoms with Crippen LogP contribution in [0.25, 0.3) is 0 Å². The van der Waals surface area contributed by atoms with Crippen molar-refractivity contribution in [3.05, 3.63) is 29.3 Å². The highest BCUT2D eigenvalue weighted by Crippen LogP contribution is 2.39. The SMILES string of the molecule is CCCN(C1CNC1)C1CCc2ccc(OC)cc21. The molecule has 0 amide bonds. The number of nitrogens with one attached hydrogen (secondary N) is 1. The fraction of sp³-hybridized carbons (Fsp3) is 0.625. The summed E-state index contributed by atoms with van der Waals surface area (Å²) in [6.45, 7) is 5.78. The lowest BCUT2D eigenvalue weighted by atomic mass is 10.0. The summed E-state index contributed by atoms with van der Waals surface area (Å²) >= 11 is 0. The number of nitrogens with zero attached hydrogens (tertiary/aromatic N) is 1. The zero-order chi connectivity index (χ0) is 13.2. The molecule has 0 spiro atoms. The molecule has 1 aromatic rings. The molecule has 3 heteroatoms. The molecule has 1 aliphatic carbocycles. The van der Waals surface area contributed by atoms with E-state index in [1.54, 1.807) is 7.11 Å². The second kappa shape index (κ2) is 5.51. The largest absolute Gasteiger partial charge is 0.497 e. The summed E-state index contributed by atoms with van der Waals surface area (Å²) in [6.07, 6.45) is 3.70. The number of methoxy groups -OCH3 is 1. The van der Waals surface area contributed by atoms with Crippen LogP contribution >= 0.6 is 0 Å². The lowest BCUT2D eigenvalue weighted by molar-refractivity contribution is 0.0943.